The zero-order chi connectivity index (χ0) is 17.0. The van der Waals surface area contributed by atoms with Crippen LogP contribution in [0.1, 0.15) is 38.3 Å². The Morgan fingerprint density at radius 3 is 1.04 bits per heavy atom. The van der Waals surface area contributed by atoms with Crippen molar-refractivity contribution >= 4 is 23.5 Å². The van der Waals surface area contributed by atoms with E-state index in [0.717, 1.165) is 0 Å². The van der Waals surface area contributed by atoms with E-state index in [4.69, 9.17) is 0 Å². The van der Waals surface area contributed by atoms with E-state index in [-0.39, 0.29) is 70.7 Å². The van der Waals surface area contributed by atoms with Crippen molar-refractivity contribution in [1.29, 1.82) is 0 Å². The first-order valence-corrected chi connectivity index (χ1v) is 6.59. The van der Waals surface area contributed by atoms with Gasteiger partial charge >= 0.3 is 59.1 Å². The molecule has 0 radical (unpaired) electrons. The van der Waals surface area contributed by atoms with Crippen LogP contribution in [0.25, 0.3) is 0 Å². The van der Waals surface area contributed by atoms with Gasteiger partial charge in [0.1, 0.15) is 0 Å². The molecule has 3 rings (SSSR count). The van der Waals surface area contributed by atoms with Crippen LogP contribution >= 0.6 is 0 Å². The Hall–Kier alpha value is -1.28. The van der Waals surface area contributed by atoms with Crippen molar-refractivity contribution in [2.75, 3.05) is 0 Å². The average Bonchev–Trinajstić information content (AvgIpc) is 2.52. The first-order chi connectivity index (χ1) is 10.9. The summed E-state index contributed by atoms with van der Waals surface area (Å²) in [5, 5.41) is 18.6. The Morgan fingerprint density at radius 2 is 0.880 bits per heavy atom. The summed E-state index contributed by atoms with van der Waals surface area (Å²) >= 11 is 0. The molecule has 0 saturated carbocycles. The summed E-state index contributed by atoms with van der Waals surface area (Å²) in [6, 6.07) is 13.9. The molecule has 0 aliphatic heterocycles. The first-order valence-electron chi connectivity index (χ1n) is 6.59. The third kappa shape index (κ3) is 5.88. The Bertz CT molecular complexity index is 699. The molecule has 0 N–H and O–H groups in total. The number of aliphatic carboxylic acids is 2. The molecule has 6 nitrogen and oxygen atoms in total. The van der Waals surface area contributed by atoms with Gasteiger partial charge in [0.05, 0.1) is 0 Å². The second-order valence-corrected chi connectivity index (χ2v) is 4.67. The minimum atomic E-state index is -1.63. The summed E-state index contributed by atoms with van der Waals surface area (Å²) in [6.45, 7) is 0. The molecule has 25 heavy (non-hydrogen) atoms. The van der Waals surface area contributed by atoms with Gasteiger partial charge in [0.15, 0.2) is 11.6 Å². The molecule has 0 spiro atoms. The molecule has 2 aromatic carbocycles. The molecule has 1 aliphatic rings. The fourth-order valence-corrected chi connectivity index (χ4v) is 2.17. The van der Waals surface area contributed by atoms with E-state index >= 15 is 0 Å². The molecule has 0 fully saturated rings. The number of carbonyl (C=O) groups excluding carboxylic acids is 4. The van der Waals surface area contributed by atoms with Crippen LogP contribution in [0.4, 0.5) is 0 Å². The molecule has 0 saturated heterocycles. The summed E-state index contributed by atoms with van der Waals surface area (Å²) in [4.78, 5) is 42.8. The van der Waals surface area contributed by atoms with Crippen molar-refractivity contribution in [1.82, 2.24) is 0 Å². The van der Waals surface area contributed by atoms with Gasteiger partial charge in [-0.05, 0) is 0 Å². The molecule has 0 atom stereocenters. The topological polar surface area (TPSA) is 114 Å². The Kier molecular flexibility index (Phi) is 10.1. The van der Waals surface area contributed by atoms with Gasteiger partial charge in [0.2, 0.25) is 0 Å². The molecular weight excluding hydrogens is 346 g/mol. The van der Waals surface area contributed by atoms with E-state index < -0.39 is 18.4 Å². The van der Waals surface area contributed by atoms with Gasteiger partial charge in [-0.2, -0.15) is 0 Å². The van der Waals surface area contributed by atoms with Crippen molar-refractivity contribution in [3.05, 3.63) is 70.8 Å². The van der Waals surface area contributed by atoms with E-state index in [1.165, 1.54) is 0 Å². The van der Waals surface area contributed by atoms with Crippen LogP contribution in [0.3, 0.4) is 0 Å². The van der Waals surface area contributed by atoms with E-state index in [1.807, 2.05) is 0 Å². The van der Waals surface area contributed by atoms with Crippen molar-refractivity contribution in [2.45, 2.75) is 6.42 Å². The second kappa shape index (κ2) is 10.7. The van der Waals surface area contributed by atoms with Gasteiger partial charge in [-0.1, -0.05) is 48.5 Å². The van der Waals surface area contributed by atoms with Gasteiger partial charge in [-0.25, -0.2) is 0 Å². The predicted octanol–water partition coefficient (Wildman–Crippen LogP) is -6.65. The summed E-state index contributed by atoms with van der Waals surface area (Å²) in [5.41, 5.74) is 2.02. The molecule has 116 valence electrons. The number of carboxylic acids is 2. The number of ketones is 2. The Morgan fingerprint density at radius 1 is 0.640 bits per heavy atom. The van der Waals surface area contributed by atoms with Crippen LogP contribution in [-0.4, -0.2) is 23.5 Å². The monoisotopic (exact) mass is 356 g/mol. The van der Waals surface area contributed by atoms with E-state index in [9.17, 15) is 29.4 Å². The SMILES string of the molecule is O=C([O-])CC(=O)[O-].O=C1c2ccccc2C(=O)c2ccccc21.[Na+].[Na+]. The van der Waals surface area contributed by atoms with Gasteiger partial charge in [0, 0.05) is 40.6 Å². The third-order valence-corrected chi connectivity index (χ3v) is 3.12. The molecule has 0 bridgehead atoms. The molecule has 0 amide bonds. The molecule has 0 heterocycles. The molecule has 0 aromatic heterocycles. The van der Waals surface area contributed by atoms with Crippen LogP contribution in [-0.2, 0) is 9.59 Å². The summed E-state index contributed by atoms with van der Waals surface area (Å²) in [7, 11) is 0. The number of hydrogen-bond donors (Lipinski definition) is 0. The largest absolute Gasteiger partial charge is 1.00 e. The summed E-state index contributed by atoms with van der Waals surface area (Å²) < 4.78 is 0. The van der Waals surface area contributed by atoms with Crippen molar-refractivity contribution < 1.29 is 88.5 Å². The van der Waals surface area contributed by atoms with E-state index in [1.54, 1.807) is 48.5 Å². The van der Waals surface area contributed by atoms with Crippen LogP contribution in [0.15, 0.2) is 48.5 Å². The van der Waals surface area contributed by atoms with Crippen LogP contribution < -0.4 is 69.3 Å². The quantitative estimate of drug-likeness (QED) is 0.333. The van der Waals surface area contributed by atoms with E-state index in [0.29, 0.717) is 22.3 Å². The molecule has 8 heteroatoms. The van der Waals surface area contributed by atoms with Crippen molar-refractivity contribution in [3.63, 3.8) is 0 Å². The third-order valence-electron chi connectivity index (χ3n) is 3.12. The second-order valence-electron chi connectivity index (χ2n) is 4.67. The molecular formula is C17H10Na2O6. The maximum absolute atomic E-state index is 12.1. The van der Waals surface area contributed by atoms with Crippen LogP contribution in [0, 0.1) is 0 Å². The Labute approximate surface area is 187 Å². The number of hydrogen-bond acceptors (Lipinski definition) is 6. The molecule has 1 aliphatic carbocycles. The number of carboxylic acid groups (broad SMARTS) is 2. The smallest absolute Gasteiger partial charge is 0.550 e. The Balaban J connectivity index is 0.000000560. The maximum atomic E-state index is 12.1. The maximum Gasteiger partial charge on any atom is 1.00 e. The van der Waals surface area contributed by atoms with Gasteiger partial charge < -0.3 is 19.8 Å². The van der Waals surface area contributed by atoms with Crippen molar-refractivity contribution in [2.24, 2.45) is 0 Å². The zero-order valence-corrected chi connectivity index (χ0v) is 17.8. The minimum absolute atomic E-state index is 0. The van der Waals surface area contributed by atoms with Crippen LogP contribution in [0.2, 0.25) is 0 Å². The normalized spacial score (nSPS) is 10.7. The van der Waals surface area contributed by atoms with E-state index in [2.05, 4.69) is 0 Å². The molecule has 0 unspecified atom stereocenters. The standard InChI is InChI=1S/C14H8O2.C3H4O4.2Na/c15-13-9-5-1-2-6-10(9)14(16)12-8-4-3-7-11(12)13;4-2(5)1-3(6)7;;/h1-8H;1H2,(H,4,5)(H,6,7);;/q;;2*+1/p-2. The predicted molar refractivity (Wildman–Crippen MR) is 74.4 cm³/mol. The number of fused-ring (bicyclic) bond motifs is 2. The summed E-state index contributed by atoms with van der Waals surface area (Å²) in [6.07, 6.45) is -1.03. The number of carbonyl (C=O) groups is 4. The van der Waals surface area contributed by atoms with Gasteiger partial charge in [-0.3, -0.25) is 9.59 Å². The van der Waals surface area contributed by atoms with Crippen molar-refractivity contribution in [3.8, 4) is 0 Å². The number of benzene rings is 2. The van der Waals surface area contributed by atoms with Gasteiger partial charge in [0.25, 0.3) is 0 Å². The minimum Gasteiger partial charge on any atom is -0.550 e. The number of rotatable bonds is 2. The van der Waals surface area contributed by atoms with Crippen LogP contribution in [0.5, 0.6) is 0 Å². The fraction of sp³-hybridized carbons (Fsp3) is 0.0588. The summed E-state index contributed by atoms with van der Waals surface area (Å²) in [5.74, 6) is -3.38. The molecule has 2 aromatic rings. The average molecular weight is 356 g/mol. The zero-order valence-electron chi connectivity index (χ0n) is 13.8. The van der Waals surface area contributed by atoms with Gasteiger partial charge in [-0.15, -0.1) is 0 Å². The fourth-order valence-electron chi connectivity index (χ4n) is 2.17. The first kappa shape index (κ1) is 23.7.